The van der Waals surface area contributed by atoms with Gasteiger partial charge >= 0.3 is 0 Å². The number of para-hydroxylation sites is 2. The van der Waals surface area contributed by atoms with Crippen LogP contribution in [0.1, 0.15) is 38.4 Å². The van der Waals surface area contributed by atoms with E-state index in [0.717, 1.165) is 29.7 Å². The van der Waals surface area contributed by atoms with Crippen molar-refractivity contribution in [2.24, 2.45) is 0 Å². The molecule has 0 saturated carbocycles. The van der Waals surface area contributed by atoms with Crippen LogP contribution < -0.4 is 5.32 Å². The number of nitrogens with one attached hydrogen (secondary N) is 1. The van der Waals surface area contributed by atoms with E-state index >= 15 is 0 Å². The summed E-state index contributed by atoms with van der Waals surface area (Å²) in [6, 6.07) is 7.96. The van der Waals surface area contributed by atoms with Crippen molar-refractivity contribution in [3.05, 3.63) is 30.1 Å². The third-order valence-electron chi connectivity index (χ3n) is 5.64. The molecule has 2 aromatic rings. The SMILES string of the molecule is CC(C)c1nc2ccccc2n1CC(=O)N1CCC2(CC1)CNC(=O)CO2. The Morgan fingerprint density at radius 1 is 1.30 bits per heavy atom. The maximum absolute atomic E-state index is 13.0. The van der Waals surface area contributed by atoms with E-state index in [9.17, 15) is 9.59 Å². The first kappa shape index (κ1) is 18.0. The summed E-state index contributed by atoms with van der Waals surface area (Å²) in [5.74, 6) is 1.23. The first-order valence-electron chi connectivity index (χ1n) is 9.61. The van der Waals surface area contributed by atoms with E-state index in [0.29, 0.717) is 26.2 Å². The summed E-state index contributed by atoms with van der Waals surface area (Å²) in [6.45, 7) is 6.46. The summed E-state index contributed by atoms with van der Waals surface area (Å²) < 4.78 is 7.84. The van der Waals surface area contributed by atoms with Gasteiger partial charge in [-0.1, -0.05) is 26.0 Å². The largest absolute Gasteiger partial charge is 0.363 e. The van der Waals surface area contributed by atoms with Crippen LogP contribution in [-0.4, -0.2) is 58.1 Å². The molecule has 2 saturated heterocycles. The van der Waals surface area contributed by atoms with Gasteiger partial charge in [-0.3, -0.25) is 9.59 Å². The van der Waals surface area contributed by atoms with Crippen LogP contribution in [0.25, 0.3) is 11.0 Å². The molecule has 2 fully saturated rings. The van der Waals surface area contributed by atoms with Gasteiger partial charge in [-0.05, 0) is 25.0 Å². The zero-order valence-electron chi connectivity index (χ0n) is 15.9. The minimum absolute atomic E-state index is 0.0627. The second kappa shape index (κ2) is 6.96. The normalized spacial score (nSPS) is 19.7. The molecule has 7 heteroatoms. The van der Waals surface area contributed by atoms with Gasteiger partial charge in [0.2, 0.25) is 11.8 Å². The molecule has 0 bridgehead atoms. The van der Waals surface area contributed by atoms with Gasteiger partial charge in [-0.25, -0.2) is 4.98 Å². The number of carbonyl (C=O) groups is 2. The Balaban J connectivity index is 1.47. The van der Waals surface area contributed by atoms with E-state index in [1.165, 1.54) is 0 Å². The van der Waals surface area contributed by atoms with E-state index in [1.807, 2.05) is 33.7 Å². The molecular formula is C20H26N4O3. The van der Waals surface area contributed by atoms with Gasteiger partial charge in [0.1, 0.15) is 19.0 Å². The van der Waals surface area contributed by atoms with Crippen molar-refractivity contribution in [3.8, 4) is 0 Å². The summed E-state index contributed by atoms with van der Waals surface area (Å²) in [4.78, 5) is 30.9. The number of morpholine rings is 1. The van der Waals surface area contributed by atoms with Crippen molar-refractivity contribution in [2.75, 3.05) is 26.2 Å². The summed E-state index contributed by atoms with van der Waals surface area (Å²) in [5, 5.41) is 2.88. The minimum Gasteiger partial charge on any atom is -0.363 e. The highest BCUT2D eigenvalue weighted by atomic mass is 16.5. The molecule has 0 unspecified atom stereocenters. The number of imidazole rings is 1. The summed E-state index contributed by atoms with van der Waals surface area (Å²) >= 11 is 0. The maximum Gasteiger partial charge on any atom is 0.246 e. The number of amides is 2. The monoisotopic (exact) mass is 370 g/mol. The van der Waals surface area contributed by atoms with Crippen molar-refractivity contribution < 1.29 is 14.3 Å². The molecule has 7 nitrogen and oxygen atoms in total. The number of likely N-dealkylation sites (tertiary alicyclic amines) is 1. The second-order valence-electron chi connectivity index (χ2n) is 7.83. The van der Waals surface area contributed by atoms with Crippen LogP contribution in [-0.2, 0) is 20.9 Å². The fourth-order valence-electron chi connectivity index (χ4n) is 4.00. The predicted octanol–water partition coefficient (Wildman–Crippen LogP) is 1.67. The lowest BCUT2D eigenvalue weighted by Crippen LogP contribution is -2.58. The fraction of sp³-hybridized carbons (Fsp3) is 0.550. The van der Waals surface area contributed by atoms with Crippen molar-refractivity contribution in [2.45, 2.75) is 44.8 Å². The molecule has 0 aliphatic carbocycles. The molecule has 2 aliphatic rings. The highest BCUT2D eigenvalue weighted by molar-refractivity contribution is 5.81. The van der Waals surface area contributed by atoms with Crippen molar-refractivity contribution in [1.29, 1.82) is 0 Å². The zero-order valence-corrected chi connectivity index (χ0v) is 15.9. The lowest BCUT2D eigenvalue weighted by Gasteiger charge is -2.43. The number of benzene rings is 1. The number of aromatic nitrogens is 2. The molecule has 1 aromatic heterocycles. The van der Waals surface area contributed by atoms with Gasteiger partial charge in [0.15, 0.2) is 0 Å². The number of fused-ring (bicyclic) bond motifs is 1. The first-order chi connectivity index (χ1) is 13.0. The molecular weight excluding hydrogens is 344 g/mol. The van der Waals surface area contributed by atoms with Crippen LogP contribution in [0.2, 0.25) is 0 Å². The smallest absolute Gasteiger partial charge is 0.246 e. The standard InChI is InChI=1S/C20H26N4O3/c1-14(2)19-22-15-5-3-4-6-16(15)24(19)11-18(26)23-9-7-20(8-10-23)13-21-17(25)12-27-20/h3-6,14H,7-13H2,1-2H3,(H,21,25). The van der Waals surface area contributed by atoms with Gasteiger partial charge < -0.3 is 19.5 Å². The number of piperidine rings is 1. The van der Waals surface area contributed by atoms with Gasteiger partial charge in [-0.15, -0.1) is 0 Å². The lowest BCUT2D eigenvalue weighted by molar-refractivity contribution is -0.154. The average molecular weight is 370 g/mol. The number of nitrogens with zero attached hydrogens (tertiary/aromatic N) is 3. The minimum atomic E-state index is -0.310. The molecule has 27 heavy (non-hydrogen) atoms. The van der Waals surface area contributed by atoms with Crippen LogP contribution >= 0.6 is 0 Å². The Bertz CT molecular complexity index is 853. The Morgan fingerprint density at radius 2 is 2.04 bits per heavy atom. The van der Waals surface area contributed by atoms with Crippen molar-refractivity contribution >= 4 is 22.8 Å². The van der Waals surface area contributed by atoms with Crippen molar-refractivity contribution in [1.82, 2.24) is 19.8 Å². The Morgan fingerprint density at radius 3 is 2.70 bits per heavy atom. The van der Waals surface area contributed by atoms with Gasteiger partial charge in [0.25, 0.3) is 0 Å². The van der Waals surface area contributed by atoms with Crippen molar-refractivity contribution in [3.63, 3.8) is 0 Å². The highest BCUT2D eigenvalue weighted by Crippen LogP contribution is 2.28. The van der Waals surface area contributed by atoms with E-state index < -0.39 is 0 Å². The summed E-state index contributed by atoms with van der Waals surface area (Å²) in [6.07, 6.45) is 1.50. The summed E-state index contributed by atoms with van der Waals surface area (Å²) in [5.41, 5.74) is 1.62. The van der Waals surface area contributed by atoms with Gasteiger partial charge in [-0.2, -0.15) is 0 Å². The highest BCUT2D eigenvalue weighted by Gasteiger charge is 2.40. The third-order valence-corrected chi connectivity index (χ3v) is 5.64. The lowest BCUT2D eigenvalue weighted by atomic mass is 9.90. The second-order valence-corrected chi connectivity index (χ2v) is 7.83. The van der Waals surface area contributed by atoms with Crippen LogP contribution in [0.15, 0.2) is 24.3 Å². The van der Waals surface area contributed by atoms with Crippen LogP contribution in [0, 0.1) is 0 Å². The van der Waals surface area contributed by atoms with Crippen LogP contribution in [0.4, 0.5) is 0 Å². The Kier molecular flexibility index (Phi) is 4.63. The fourth-order valence-corrected chi connectivity index (χ4v) is 4.00. The number of hydrogen-bond acceptors (Lipinski definition) is 4. The summed E-state index contributed by atoms with van der Waals surface area (Å²) in [7, 11) is 0. The van der Waals surface area contributed by atoms with Gasteiger partial charge in [0, 0.05) is 25.6 Å². The predicted molar refractivity (Wildman–Crippen MR) is 101 cm³/mol. The number of carbonyl (C=O) groups excluding carboxylic acids is 2. The zero-order chi connectivity index (χ0) is 19.0. The van der Waals surface area contributed by atoms with E-state index in [4.69, 9.17) is 9.72 Å². The molecule has 1 spiro atoms. The maximum atomic E-state index is 13.0. The molecule has 1 N–H and O–H groups in total. The Labute approximate surface area is 158 Å². The third kappa shape index (κ3) is 3.43. The molecule has 144 valence electrons. The average Bonchev–Trinajstić information content (AvgIpc) is 3.04. The quantitative estimate of drug-likeness (QED) is 0.892. The molecule has 0 atom stereocenters. The van der Waals surface area contributed by atoms with Gasteiger partial charge in [0.05, 0.1) is 16.6 Å². The van der Waals surface area contributed by atoms with E-state index in [-0.39, 0.29) is 29.9 Å². The molecule has 1 aromatic carbocycles. The van der Waals surface area contributed by atoms with E-state index in [1.54, 1.807) is 0 Å². The molecule has 4 rings (SSSR count). The van der Waals surface area contributed by atoms with Crippen LogP contribution in [0.5, 0.6) is 0 Å². The van der Waals surface area contributed by atoms with Crippen LogP contribution in [0.3, 0.4) is 0 Å². The van der Waals surface area contributed by atoms with E-state index in [2.05, 4.69) is 19.2 Å². The number of rotatable bonds is 3. The molecule has 0 radical (unpaired) electrons. The first-order valence-corrected chi connectivity index (χ1v) is 9.61. The Hall–Kier alpha value is -2.41. The molecule has 3 heterocycles. The molecule has 2 aliphatic heterocycles. The molecule has 2 amide bonds. The number of ether oxygens (including phenoxy) is 1. The number of hydrogen-bond donors (Lipinski definition) is 1. The topological polar surface area (TPSA) is 76.5 Å².